The van der Waals surface area contributed by atoms with Crippen molar-refractivity contribution in [2.24, 2.45) is 0 Å². The van der Waals surface area contributed by atoms with Gasteiger partial charge in [0.05, 0.1) is 16.1 Å². The number of carbonyl (C=O) groups excluding carboxylic acids is 1. The van der Waals surface area contributed by atoms with E-state index in [-0.39, 0.29) is 5.91 Å². The zero-order valence-electron chi connectivity index (χ0n) is 12.0. The van der Waals surface area contributed by atoms with Crippen molar-refractivity contribution in [1.82, 2.24) is 10.2 Å². The van der Waals surface area contributed by atoms with Crippen LogP contribution in [0.3, 0.4) is 0 Å². The molecule has 1 aromatic carbocycles. The van der Waals surface area contributed by atoms with Crippen LogP contribution in [-0.4, -0.2) is 50.2 Å². The molecule has 1 heterocycles. The number of nitrogens with zero attached hydrogens (tertiary/aromatic N) is 1. The van der Waals surface area contributed by atoms with Crippen molar-refractivity contribution in [1.29, 1.82) is 0 Å². The van der Waals surface area contributed by atoms with Crippen LogP contribution in [0.25, 0.3) is 0 Å². The molecule has 1 amide bonds. The molecule has 0 saturated carbocycles. The maximum Gasteiger partial charge on any atom is 0.263 e. The van der Waals surface area contributed by atoms with Crippen LogP contribution in [0.4, 0.5) is 0 Å². The van der Waals surface area contributed by atoms with E-state index in [1.54, 1.807) is 26.2 Å². The average Bonchev–Trinajstić information content (AvgIpc) is 2.50. The van der Waals surface area contributed by atoms with Gasteiger partial charge in [-0.3, -0.25) is 4.79 Å². The van der Waals surface area contributed by atoms with Crippen LogP contribution >= 0.6 is 31.9 Å². The van der Waals surface area contributed by atoms with Crippen molar-refractivity contribution in [3.8, 4) is 11.5 Å². The van der Waals surface area contributed by atoms with Gasteiger partial charge in [0.25, 0.3) is 5.91 Å². The van der Waals surface area contributed by atoms with Gasteiger partial charge >= 0.3 is 0 Å². The van der Waals surface area contributed by atoms with Crippen molar-refractivity contribution >= 4 is 37.8 Å². The molecule has 7 heteroatoms. The number of methoxy groups -OCH3 is 1. The number of nitrogens with one attached hydrogen (secondary N) is 1. The molecule has 116 valence electrons. The number of carbonyl (C=O) groups is 1. The quantitative estimate of drug-likeness (QED) is 0.811. The first kappa shape index (κ1) is 16.6. The van der Waals surface area contributed by atoms with E-state index in [9.17, 15) is 4.79 Å². The van der Waals surface area contributed by atoms with Crippen LogP contribution in [0.5, 0.6) is 11.5 Å². The SMILES string of the molecule is COc1cc(Br)c(OC(C)C(=O)N2CCNCC2)cc1Br. The van der Waals surface area contributed by atoms with Gasteiger partial charge in [0.2, 0.25) is 0 Å². The Bertz CT molecular complexity index is 519. The summed E-state index contributed by atoms with van der Waals surface area (Å²) in [5.41, 5.74) is 0. The summed E-state index contributed by atoms with van der Waals surface area (Å²) in [5, 5.41) is 3.23. The van der Waals surface area contributed by atoms with E-state index in [4.69, 9.17) is 9.47 Å². The molecule has 1 aliphatic rings. The van der Waals surface area contributed by atoms with Crippen molar-refractivity contribution in [3.05, 3.63) is 21.1 Å². The van der Waals surface area contributed by atoms with E-state index >= 15 is 0 Å². The van der Waals surface area contributed by atoms with Crippen LogP contribution in [0.15, 0.2) is 21.1 Å². The Labute approximate surface area is 141 Å². The van der Waals surface area contributed by atoms with Crippen molar-refractivity contribution in [3.63, 3.8) is 0 Å². The molecule has 5 nitrogen and oxygen atoms in total. The summed E-state index contributed by atoms with van der Waals surface area (Å²) in [6, 6.07) is 3.60. The lowest BCUT2D eigenvalue weighted by atomic mass is 10.2. The first-order chi connectivity index (χ1) is 10.0. The summed E-state index contributed by atoms with van der Waals surface area (Å²) >= 11 is 6.85. The number of amides is 1. The van der Waals surface area contributed by atoms with Gasteiger partial charge < -0.3 is 19.7 Å². The Morgan fingerprint density at radius 2 is 1.81 bits per heavy atom. The molecule has 1 saturated heterocycles. The second-order valence-corrected chi connectivity index (χ2v) is 6.46. The van der Waals surface area contributed by atoms with E-state index in [0.29, 0.717) is 11.5 Å². The molecule has 1 atom stereocenters. The fourth-order valence-electron chi connectivity index (χ4n) is 2.14. The molecule has 0 bridgehead atoms. The summed E-state index contributed by atoms with van der Waals surface area (Å²) in [6.45, 7) is 4.88. The molecule has 1 fully saturated rings. The molecular weight excluding hydrogens is 404 g/mol. The standard InChI is InChI=1S/C14H18Br2N2O3/c1-9(14(19)18-5-3-17-4-6-18)21-13-8-10(15)12(20-2)7-11(13)16/h7-9,17H,3-6H2,1-2H3. The van der Waals surface area contributed by atoms with Crippen LogP contribution in [-0.2, 0) is 4.79 Å². The van der Waals surface area contributed by atoms with Crippen molar-refractivity contribution in [2.45, 2.75) is 13.0 Å². The second kappa shape index (κ2) is 7.47. The predicted octanol–water partition coefficient (Wildman–Crippen LogP) is 2.42. The number of benzene rings is 1. The fraction of sp³-hybridized carbons (Fsp3) is 0.500. The third-order valence-electron chi connectivity index (χ3n) is 3.29. The molecule has 21 heavy (non-hydrogen) atoms. The highest BCUT2D eigenvalue weighted by Crippen LogP contribution is 2.36. The van der Waals surface area contributed by atoms with Gasteiger partial charge in [0, 0.05) is 26.2 Å². The number of halogens is 2. The number of piperazine rings is 1. The summed E-state index contributed by atoms with van der Waals surface area (Å²) in [4.78, 5) is 14.2. The summed E-state index contributed by atoms with van der Waals surface area (Å²) in [5.74, 6) is 1.32. The van der Waals surface area contributed by atoms with Crippen LogP contribution in [0, 0.1) is 0 Å². The van der Waals surface area contributed by atoms with E-state index < -0.39 is 6.10 Å². The summed E-state index contributed by atoms with van der Waals surface area (Å²) in [6.07, 6.45) is -0.528. The molecule has 1 N–H and O–H groups in total. The molecule has 1 aromatic rings. The summed E-state index contributed by atoms with van der Waals surface area (Å²) in [7, 11) is 1.60. The van der Waals surface area contributed by atoms with Crippen LogP contribution in [0.1, 0.15) is 6.92 Å². The molecule has 2 rings (SSSR count). The Kier molecular flexibility index (Phi) is 5.89. The monoisotopic (exact) mass is 420 g/mol. The zero-order chi connectivity index (χ0) is 15.4. The predicted molar refractivity (Wildman–Crippen MR) is 87.9 cm³/mol. The highest BCUT2D eigenvalue weighted by atomic mass is 79.9. The Hall–Kier alpha value is -0.790. The fourth-order valence-corrected chi connectivity index (χ4v) is 3.04. The molecule has 0 radical (unpaired) electrons. The molecule has 1 aliphatic heterocycles. The molecule has 0 aromatic heterocycles. The lowest BCUT2D eigenvalue weighted by Gasteiger charge is -2.30. The number of rotatable bonds is 4. The highest BCUT2D eigenvalue weighted by Gasteiger charge is 2.24. The number of ether oxygens (including phenoxy) is 2. The van der Waals surface area contributed by atoms with Crippen LogP contribution < -0.4 is 14.8 Å². The van der Waals surface area contributed by atoms with Gasteiger partial charge in [0.15, 0.2) is 6.10 Å². The topological polar surface area (TPSA) is 50.8 Å². The van der Waals surface area contributed by atoms with E-state index in [1.165, 1.54) is 0 Å². The second-order valence-electron chi connectivity index (χ2n) is 4.75. The average molecular weight is 422 g/mol. The Balaban J connectivity index is 2.06. The highest BCUT2D eigenvalue weighted by molar-refractivity contribution is 9.11. The maximum absolute atomic E-state index is 12.3. The van der Waals surface area contributed by atoms with E-state index in [2.05, 4.69) is 37.2 Å². The largest absolute Gasteiger partial charge is 0.496 e. The minimum Gasteiger partial charge on any atom is -0.496 e. The van der Waals surface area contributed by atoms with Gasteiger partial charge in [0.1, 0.15) is 11.5 Å². The third-order valence-corrected chi connectivity index (χ3v) is 4.53. The molecule has 0 aliphatic carbocycles. The normalized spacial score (nSPS) is 16.5. The van der Waals surface area contributed by atoms with Gasteiger partial charge in [-0.2, -0.15) is 0 Å². The van der Waals surface area contributed by atoms with Crippen molar-refractivity contribution < 1.29 is 14.3 Å². The van der Waals surface area contributed by atoms with Gasteiger partial charge in [-0.15, -0.1) is 0 Å². The Morgan fingerprint density at radius 1 is 1.24 bits per heavy atom. The van der Waals surface area contributed by atoms with Crippen molar-refractivity contribution in [2.75, 3.05) is 33.3 Å². The first-order valence-electron chi connectivity index (χ1n) is 6.72. The van der Waals surface area contributed by atoms with Gasteiger partial charge in [-0.25, -0.2) is 0 Å². The number of hydrogen-bond acceptors (Lipinski definition) is 4. The van der Waals surface area contributed by atoms with Gasteiger partial charge in [-0.05, 0) is 50.9 Å². The number of hydrogen-bond donors (Lipinski definition) is 1. The minimum absolute atomic E-state index is 0.00957. The third kappa shape index (κ3) is 4.11. The zero-order valence-corrected chi connectivity index (χ0v) is 15.2. The van der Waals surface area contributed by atoms with Gasteiger partial charge in [-0.1, -0.05) is 0 Å². The summed E-state index contributed by atoms with van der Waals surface area (Å²) < 4.78 is 12.5. The first-order valence-corrected chi connectivity index (χ1v) is 8.30. The smallest absolute Gasteiger partial charge is 0.263 e. The molecule has 0 spiro atoms. The van der Waals surface area contributed by atoms with E-state index in [0.717, 1.165) is 35.1 Å². The van der Waals surface area contributed by atoms with E-state index in [1.807, 2.05) is 4.90 Å². The van der Waals surface area contributed by atoms with Crippen LogP contribution in [0.2, 0.25) is 0 Å². The Morgan fingerprint density at radius 3 is 2.43 bits per heavy atom. The molecular formula is C14H18Br2N2O3. The maximum atomic E-state index is 12.3. The lowest BCUT2D eigenvalue weighted by Crippen LogP contribution is -2.50. The minimum atomic E-state index is -0.528. The lowest BCUT2D eigenvalue weighted by molar-refractivity contribution is -0.138. The molecule has 1 unspecified atom stereocenters.